The molecule has 0 fully saturated rings. The molecule has 0 bridgehead atoms. The quantitative estimate of drug-likeness (QED) is 0.469. The first-order valence-electron chi connectivity index (χ1n) is 8.84. The monoisotopic (exact) mass is 357 g/mol. The van der Waals surface area contributed by atoms with Crippen molar-refractivity contribution in [3.05, 3.63) is 72.4 Å². The SMILES string of the molecule is CCOC(=O)c1cc(-c2ccc3ccccc3c2)c2cc(OC)ccc2n1. The molecule has 4 rings (SSSR count). The van der Waals surface area contributed by atoms with E-state index >= 15 is 0 Å². The first-order chi connectivity index (χ1) is 13.2. The van der Waals surface area contributed by atoms with E-state index in [-0.39, 0.29) is 0 Å². The largest absolute Gasteiger partial charge is 0.497 e. The molecule has 0 aliphatic heterocycles. The molecule has 0 atom stereocenters. The van der Waals surface area contributed by atoms with Crippen LogP contribution in [0.25, 0.3) is 32.8 Å². The second-order valence-electron chi connectivity index (χ2n) is 6.22. The average molecular weight is 357 g/mol. The maximum Gasteiger partial charge on any atom is 0.356 e. The fraction of sp³-hybridized carbons (Fsp3) is 0.130. The van der Waals surface area contributed by atoms with Gasteiger partial charge in [-0.05, 0) is 59.2 Å². The number of pyridine rings is 1. The number of ether oxygens (including phenoxy) is 2. The summed E-state index contributed by atoms with van der Waals surface area (Å²) in [5.41, 5.74) is 2.97. The number of carbonyl (C=O) groups is 1. The lowest BCUT2D eigenvalue weighted by molar-refractivity contribution is 0.0520. The standard InChI is InChI=1S/C23H19NO3/c1-3-27-23(25)22-14-19(20-13-18(26-2)10-11-21(20)24-22)17-9-8-15-6-4-5-7-16(15)12-17/h4-14H,3H2,1-2H3. The molecule has 3 aromatic carbocycles. The molecule has 1 heterocycles. The van der Waals surface area contributed by atoms with Gasteiger partial charge in [0.15, 0.2) is 0 Å². The van der Waals surface area contributed by atoms with E-state index in [1.54, 1.807) is 20.1 Å². The summed E-state index contributed by atoms with van der Waals surface area (Å²) in [5, 5.41) is 3.24. The lowest BCUT2D eigenvalue weighted by atomic mass is 9.97. The summed E-state index contributed by atoms with van der Waals surface area (Å²) >= 11 is 0. The highest BCUT2D eigenvalue weighted by Gasteiger charge is 2.15. The van der Waals surface area contributed by atoms with Crippen molar-refractivity contribution in [2.45, 2.75) is 6.92 Å². The lowest BCUT2D eigenvalue weighted by Crippen LogP contribution is -2.07. The predicted octanol–water partition coefficient (Wildman–Crippen LogP) is 5.24. The van der Waals surface area contributed by atoms with Gasteiger partial charge in [0.2, 0.25) is 0 Å². The molecule has 0 amide bonds. The Morgan fingerprint density at radius 2 is 1.78 bits per heavy atom. The van der Waals surface area contributed by atoms with Crippen molar-refractivity contribution >= 4 is 27.6 Å². The molecule has 0 saturated heterocycles. The fourth-order valence-electron chi connectivity index (χ4n) is 3.24. The first kappa shape index (κ1) is 17.0. The van der Waals surface area contributed by atoms with E-state index in [1.807, 2.05) is 30.3 Å². The normalized spacial score (nSPS) is 10.9. The molecule has 0 radical (unpaired) electrons. The maximum absolute atomic E-state index is 12.3. The number of carbonyl (C=O) groups excluding carboxylic acids is 1. The van der Waals surface area contributed by atoms with Gasteiger partial charge in [-0.25, -0.2) is 9.78 Å². The smallest absolute Gasteiger partial charge is 0.356 e. The third-order valence-electron chi connectivity index (χ3n) is 4.56. The zero-order chi connectivity index (χ0) is 18.8. The van der Waals surface area contributed by atoms with Crippen molar-refractivity contribution in [2.75, 3.05) is 13.7 Å². The average Bonchev–Trinajstić information content (AvgIpc) is 2.72. The Morgan fingerprint density at radius 3 is 2.56 bits per heavy atom. The van der Waals surface area contributed by atoms with Gasteiger partial charge in [-0.3, -0.25) is 0 Å². The first-order valence-corrected chi connectivity index (χ1v) is 8.84. The number of nitrogens with zero attached hydrogens (tertiary/aromatic N) is 1. The van der Waals surface area contributed by atoms with Crippen molar-refractivity contribution in [3.8, 4) is 16.9 Å². The zero-order valence-corrected chi connectivity index (χ0v) is 15.2. The van der Waals surface area contributed by atoms with Crippen molar-refractivity contribution in [1.29, 1.82) is 0 Å². The molecule has 0 saturated carbocycles. The van der Waals surface area contributed by atoms with E-state index in [1.165, 1.54) is 5.39 Å². The Kier molecular flexibility index (Phi) is 4.47. The molecule has 4 nitrogen and oxygen atoms in total. The minimum Gasteiger partial charge on any atom is -0.497 e. The Balaban J connectivity index is 1.98. The van der Waals surface area contributed by atoms with Crippen LogP contribution in [-0.2, 0) is 4.74 Å². The van der Waals surface area contributed by atoms with Crippen molar-refractivity contribution in [3.63, 3.8) is 0 Å². The fourth-order valence-corrected chi connectivity index (χ4v) is 3.24. The van der Waals surface area contributed by atoms with Crippen LogP contribution in [0.4, 0.5) is 0 Å². The van der Waals surface area contributed by atoms with Crippen LogP contribution < -0.4 is 4.74 Å². The van der Waals surface area contributed by atoms with Crippen molar-refractivity contribution in [2.24, 2.45) is 0 Å². The van der Waals surface area contributed by atoms with Gasteiger partial charge in [-0.2, -0.15) is 0 Å². The van der Waals surface area contributed by atoms with Crippen LogP contribution in [0, 0.1) is 0 Å². The van der Waals surface area contributed by atoms with Gasteiger partial charge in [-0.15, -0.1) is 0 Å². The van der Waals surface area contributed by atoms with E-state index in [9.17, 15) is 4.79 Å². The summed E-state index contributed by atoms with van der Waals surface area (Å²) in [4.78, 5) is 16.8. The highest BCUT2D eigenvalue weighted by Crippen LogP contribution is 2.33. The van der Waals surface area contributed by atoms with Crippen LogP contribution in [0.1, 0.15) is 17.4 Å². The van der Waals surface area contributed by atoms with Crippen molar-refractivity contribution < 1.29 is 14.3 Å². The Morgan fingerprint density at radius 1 is 0.963 bits per heavy atom. The molecule has 0 unspecified atom stereocenters. The summed E-state index contributed by atoms with van der Waals surface area (Å²) in [6.07, 6.45) is 0. The second-order valence-corrected chi connectivity index (χ2v) is 6.22. The molecule has 1 aromatic heterocycles. The van der Waals surface area contributed by atoms with Gasteiger partial charge in [0, 0.05) is 5.39 Å². The molecule has 27 heavy (non-hydrogen) atoms. The van der Waals surface area contributed by atoms with E-state index < -0.39 is 5.97 Å². The Hall–Kier alpha value is -3.40. The van der Waals surface area contributed by atoms with Crippen LogP contribution in [0.3, 0.4) is 0 Å². The van der Waals surface area contributed by atoms with Crippen LogP contribution in [0.15, 0.2) is 66.7 Å². The number of rotatable bonds is 4. The van der Waals surface area contributed by atoms with E-state index in [0.29, 0.717) is 12.3 Å². The Bertz CT molecular complexity index is 1150. The predicted molar refractivity (Wildman–Crippen MR) is 107 cm³/mol. The molecule has 134 valence electrons. The second kappa shape index (κ2) is 7.08. The summed E-state index contributed by atoms with van der Waals surface area (Å²) in [6, 6.07) is 21.9. The van der Waals surface area contributed by atoms with Crippen molar-refractivity contribution in [1.82, 2.24) is 4.98 Å². The number of hydrogen-bond acceptors (Lipinski definition) is 4. The Labute approximate surface area is 157 Å². The van der Waals surface area contributed by atoms with Crippen LogP contribution in [-0.4, -0.2) is 24.7 Å². The van der Waals surface area contributed by atoms with Crippen LogP contribution >= 0.6 is 0 Å². The summed E-state index contributed by atoms with van der Waals surface area (Å²) in [7, 11) is 1.64. The van der Waals surface area contributed by atoms with Gasteiger partial charge in [0.25, 0.3) is 0 Å². The molecule has 4 heteroatoms. The molecule has 0 N–H and O–H groups in total. The molecule has 0 aliphatic rings. The maximum atomic E-state index is 12.3. The van der Waals surface area contributed by atoms with Gasteiger partial charge in [0.05, 0.1) is 19.2 Å². The van der Waals surface area contributed by atoms with E-state index in [2.05, 4.69) is 35.3 Å². The minimum atomic E-state index is -0.419. The highest BCUT2D eigenvalue weighted by molar-refractivity contribution is 6.01. The highest BCUT2D eigenvalue weighted by atomic mass is 16.5. The number of benzene rings is 3. The molecular formula is C23H19NO3. The summed E-state index contributed by atoms with van der Waals surface area (Å²) < 4.78 is 10.5. The number of hydrogen-bond donors (Lipinski definition) is 0. The molecule has 4 aromatic rings. The third kappa shape index (κ3) is 3.22. The topological polar surface area (TPSA) is 48.4 Å². The zero-order valence-electron chi connectivity index (χ0n) is 15.2. The molecule has 0 aliphatic carbocycles. The van der Waals surface area contributed by atoms with Crippen LogP contribution in [0.5, 0.6) is 5.75 Å². The van der Waals surface area contributed by atoms with Gasteiger partial charge >= 0.3 is 5.97 Å². The van der Waals surface area contributed by atoms with Gasteiger partial charge in [-0.1, -0.05) is 36.4 Å². The van der Waals surface area contributed by atoms with Gasteiger partial charge < -0.3 is 9.47 Å². The number of aromatic nitrogens is 1. The molecular weight excluding hydrogens is 338 g/mol. The molecule has 0 spiro atoms. The summed E-state index contributed by atoms with van der Waals surface area (Å²) in [6.45, 7) is 2.10. The van der Waals surface area contributed by atoms with E-state index in [0.717, 1.165) is 33.2 Å². The number of methoxy groups -OCH3 is 1. The third-order valence-corrected chi connectivity index (χ3v) is 4.56. The lowest BCUT2D eigenvalue weighted by Gasteiger charge is -2.12. The van der Waals surface area contributed by atoms with Gasteiger partial charge in [0.1, 0.15) is 11.4 Å². The number of fused-ring (bicyclic) bond motifs is 2. The van der Waals surface area contributed by atoms with Crippen LogP contribution in [0.2, 0.25) is 0 Å². The number of esters is 1. The van der Waals surface area contributed by atoms with E-state index in [4.69, 9.17) is 9.47 Å². The summed E-state index contributed by atoms with van der Waals surface area (Å²) in [5.74, 6) is 0.326. The minimum absolute atomic E-state index is 0.303.